The summed E-state index contributed by atoms with van der Waals surface area (Å²) in [4.78, 5) is 15.0. The predicted octanol–water partition coefficient (Wildman–Crippen LogP) is 1.54. The highest BCUT2D eigenvalue weighted by molar-refractivity contribution is 5.76. The summed E-state index contributed by atoms with van der Waals surface area (Å²) >= 11 is 0. The van der Waals surface area contributed by atoms with E-state index >= 15 is 0 Å². The molecule has 3 nitrogen and oxygen atoms in total. The Kier molecular flexibility index (Phi) is 3.23. The number of hydrogen-bond donors (Lipinski definition) is 1. The van der Waals surface area contributed by atoms with E-state index in [0.717, 1.165) is 11.3 Å². The maximum atomic E-state index is 10.7. The number of rotatable bonds is 3. The van der Waals surface area contributed by atoms with Crippen molar-refractivity contribution < 1.29 is 4.79 Å². The molecule has 0 bridgehead atoms. The van der Waals surface area contributed by atoms with Crippen LogP contribution in [0.15, 0.2) is 12.3 Å². The van der Waals surface area contributed by atoms with Crippen molar-refractivity contribution in [1.82, 2.24) is 4.98 Å². The molecule has 0 aliphatic heterocycles. The summed E-state index contributed by atoms with van der Waals surface area (Å²) in [6.45, 7) is 6.19. The van der Waals surface area contributed by atoms with Gasteiger partial charge in [0.15, 0.2) is 0 Å². The number of amides is 1. The van der Waals surface area contributed by atoms with Gasteiger partial charge in [-0.05, 0) is 24.0 Å². The Morgan fingerprint density at radius 2 is 2.21 bits per heavy atom. The van der Waals surface area contributed by atoms with Crippen molar-refractivity contribution in [3.63, 3.8) is 0 Å². The largest absolute Gasteiger partial charge is 0.369 e. The molecule has 1 rings (SSSR count). The molecule has 1 aromatic rings. The number of carbonyl (C=O) groups is 1. The minimum absolute atomic E-state index is 0.271. The molecule has 2 N–H and O–H groups in total. The monoisotopic (exact) mass is 192 g/mol. The lowest BCUT2D eigenvalue weighted by atomic mass is 9.99. The zero-order valence-electron chi connectivity index (χ0n) is 8.87. The Morgan fingerprint density at radius 1 is 1.57 bits per heavy atom. The number of nitrogens with zero attached hydrogens (tertiary/aromatic N) is 1. The average molecular weight is 192 g/mol. The van der Waals surface area contributed by atoms with E-state index in [1.54, 1.807) is 6.20 Å². The summed E-state index contributed by atoms with van der Waals surface area (Å²) < 4.78 is 0. The van der Waals surface area contributed by atoms with E-state index in [0.29, 0.717) is 5.92 Å². The molecular formula is C11H16N2O. The molecular weight excluding hydrogens is 176 g/mol. The maximum absolute atomic E-state index is 10.7. The second-order valence-electron chi connectivity index (χ2n) is 3.82. The lowest BCUT2D eigenvalue weighted by Gasteiger charge is -2.10. The van der Waals surface area contributed by atoms with Crippen LogP contribution in [-0.2, 0) is 11.2 Å². The molecule has 0 unspecified atom stereocenters. The Bertz CT molecular complexity index is 345. The molecule has 3 heteroatoms. The van der Waals surface area contributed by atoms with E-state index in [1.165, 1.54) is 5.56 Å². The van der Waals surface area contributed by atoms with Crippen molar-refractivity contribution in [3.05, 3.63) is 29.1 Å². The lowest BCUT2D eigenvalue weighted by Crippen LogP contribution is -2.14. The maximum Gasteiger partial charge on any atom is 0.221 e. The summed E-state index contributed by atoms with van der Waals surface area (Å²) in [5.41, 5.74) is 8.22. The van der Waals surface area contributed by atoms with E-state index in [-0.39, 0.29) is 12.3 Å². The number of carbonyl (C=O) groups excluding carboxylic acids is 1. The van der Waals surface area contributed by atoms with Crippen LogP contribution in [0.2, 0.25) is 0 Å². The summed E-state index contributed by atoms with van der Waals surface area (Å²) in [6.07, 6.45) is 1.99. The van der Waals surface area contributed by atoms with Crippen LogP contribution in [-0.4, -0.2) is 10.9 Å². The van der Waals surface area contributed by atoms with Crippen molar-refractivity contribution in [2.45, 2.75) is 33.1 Å². The molecule has 0 aromatic carbocycles. The van der Waals surface area contributed by atoms with Gasteiger partial charge in [-0.1, -0.05) is 19.9 Å². The van der Waals surface area contributed by atoms with Gasteiger partial charge < -0.3 is 5.73 Å². The lowest BCUT2D eigenvalue weighted by molar-refractivity contribution is -0.117. The van der Waals surface area contributed by atoms with Crippen LogP contribution < -0.4 is 5.73 Å². The standard InChI is InChI=1S/C11H16N2O/c1-7(2)10-4-9(5-11(12)14)6-13-8(10)3/h4,6-7H,5H2,1-3H3,(H2,12,14). The summed E-state index contributed by atoms with van der Waals surface area (Å²) in [5, 5.41) is 0. The topological polar surface area (TPSA) is 56.0 Å². The van der Waals surface area contributed by atoms with Crippen LogP contribution in [0.5, 0.6) is 0 Å². The van der Waals surface area contributed by atoms with Gasteiger partial charge in [0.25, 0.3) is 0 Å². The summed E-state index contributed by atoms with van der Waals surface area (Å²) in [7, 11) is 0. The highest BCUT2D eigenvalue weighted by Gasteiger charge is 2.07. The summed E-state index contributed by atoms with van der Waals surface area (Å²) in [5.74, 6) is 0.112. The second kappa shape index (κ2) is 4.22. The molecule has 1 heterocycles. The molecule has 0 fully saturated rings. The van der Waals surface area contributed by atoms with Gasteiger partial charge in [-0.15, -0.1) is 0 Å². The molecule has 0 saturated carbocycles. The first-order valence-corrected chi connectivity index (χ1v) is 4.74. The van der Waals surface area contributed by atoms with Gasteiger partial charge in [0.1, 0.15) is 0 Å². The minimum atomic E-state index is -0.314. The molecule has 0 atom stereocenters. The van der Waals surface area contributed by atoms with Crippen molar-refractivity contribution in [3.8, 4) is 0 Å². The number of aromatic nitrogens is 1. The third kappa shape index (κ3) is 2.55. The van der Waals surface area contributed by atoms with Gasteiger partial charge in [-0.25, -0.2) is 0 Å². The molecule has 0 aliphatic rings. The highest BCUT2D eigenvalue weighted by atomic mass is 16.1. The fourth-order valence-electron chi connectivity index (χ4n) is 1.48. The zero-order valence-corrected chi connectivity index (χ0v) is 8.87. The van der Waals surface area contributed by atoms with Gasteiger partial charge in [0.05, 0.1) is 6.42 Å². The van der Waals surface area contributed by atoms with Gasteiger partial charge in [0.2, 0.25) is 5.91 Å². The SMILES string of the molecule is Cc1ncc(CC(N)=O)cc1C(C)C. The molecule has 0 saturated heterocycles. The van der Waals surface area contributed by atoms with Gasteiger partial charge in [-0.3, -0.25) is 9.78 Å². The number of primary amides is 1. The van der Waals surface area contributed by atoms with Gasteiger partial charge >= 0.3 is 0 Å². The fraction of sp³-hybridized carbons (Fsp3) is 0.455. The minimum Gasteiger partial charge on any atom is -0.369 e. The Labute approximate surface area is 84.3 Å². The number of pyridine rings is 1. The van der Waals surface area contributed by atoms with Crippen molar-refractivity contribution in [2.24, 2.45) is 5.73 Å². The third-order valence-electron chi connectivity index (χ3n) is 2.18. The third-order valence-corrected chi connectivity index (χ3v) is 2.18. The molecule has 1 amide bonds. The fourth-order valence-corrected chi connectivity index (χ4v) is 1.48. The first-order chi connectivity index (χ1) is 6.50. The van der Waals surface area contributed by atoms with Crippen molar-refractivity contribution in [1.29, 1.82) is 0 Å². The first-order valence-electron chi connectivity index (χ1n) is 4.74. The van der Waals surface area contributed by atoms with Crippen LogP contribution in [0.3, 0.4) is 0 Å². The van der Waals surface area contributed by atoms with Gasteiger partial charge in [-0.2, -0.15) is 0 Å². The smallest absolute Gasteiger partial charge is 0.221 e. The van der Waals surface area contributed by atoms with Crippen LogP contribution >= 0.6 is 0 Å². The molecule has 14 heavy (non-hydrogen) atoms. The summed E-state index contributed by atoms with van der Waals surface area (Å²) in [6, 6.07) is 2.01. The Hall–Kier alpha value is -1.38. The van der Waals surface area contributed by atoms with Crippen LogP contribution in [0.4, 0.5) is 0 Å². The van der Waals surface area contributed by atoms with Crippen LogP contribution in [0, 0.1) is 6.92 Å². The van der Waals surface area contributed by atoms with E-state index in [4.69, 9.17) is 5.73 Å². The Morgan fingerprint density at radius 3 is 2.71 bits per heavy atom. The zero-order chi connectivity index (χ0) is 10.7. The number of nitrogens with two attached hydrogens (primary N) is 1. The Balaban J connectivity index is 3.00. The number of hydrogen-bond acceptors (Lipinski definition) is 2. The van der Waals surface area contributed by atoms with Crippen LogP contribution in [0.25, 0.3) is 0 Å². The highest BCUT2D eigenvalue weighted by Crippen LogP contribution is 2.18. The molecule has 1 aromatic heterocycles. The normalized spacial score (nSPS) is 10.6. The number of aryl methyl sites for hydroxylation is 1. The van der Waals surface area contributed by atoms with E-state index in [9.17, 15) is 4.79 Å². The first kappa shape index (κ1) is 10.7. The van der Waals surface area contributed by atoms with E-state index < -0.39 is 0 Å². The predicted molar refractivity (Wildman–Crippen MR) is 56.0 cm³/mol. The van der Waals surface area contributed by atoms with Gasteiger partial charge in [0, 0.05) is 11.9 Å². The molecule has 76 valence electrons. The second-order valence-corrected chi connectivity index (χ2v) is 3.82. The van der Waals surface area contributed by atoms with E-state index in [1.807, 2.05) is 13.0 Å². The molecule has 0 spiro atoms. The molecule has 0 aliphatic carbocycles. The molecule has 0 radical (unpaired) electrons. The van der Waals surface area contributed by atoms with Crippen LogP contribution in [0.1, 0.15) is 36.6 Å². The quantitative estimate of drug-likeness (QED) is 0.789. The van der Waals surface area contributed by atoms with E-state index in [2.05, 4.69) is 18.8 Å². The average Bonchev–Trinajstić information content (AvgIpc) is 2.07. The van der Waals surface area contributed by atoms with Crippen molar-refractivity contribution >= 4 is 5.91 Å². The van der Waals surface area contributed by atoms with Crippen molar-refractivity contribution in [2.75, 3.05) is 0 Å².